The largest absolute Gasteiger partial charge is 0.381 e. The summed E-state index contributed by atoms with van der Waals surface area (Å²) in [7, 11) is 0. The van der Waals surface area contributed by atoms with Crippen molar-refractivity contribution < 1.29 is 9.53 Å². The smallest absolute Gasteiger partial charge is 0.220 e. The fourth-order valence-electron chi connectivity index (χ4n) is 2.84. The normalized spacial score (nSPS) is 17.7. The fraction of sp³-hybridized carbons (Fsp3) is 0.588. The molecule has 1 aliphatic heterocycles. The van der Waals surface area contributed by atoms with E-state index in [9.17, 15) is 4.79 Å². The Morgan fingerprint density at radius 1 is 1.29 bits per heavy atom. The molecule has 0 unspecified atom stereocenters. The van der Waals surface area contributed by atoms with E-state index in [2.05, 4.69) is 31.3 Å². The van der Waals surface area contributed by atoms with Gasteiger partial charge in [-0.3, -0.25) is 4.79 Å². The average molecular weight is 310 g/mol. The molecule has 1 amide bonds. The monoisotopic (exact) mass is 309 g/mol. The van der Waals surface area contributed by atoms with Gasteiger partial charge >= 0.3 is 0 Å². The minimum atomic E-state index is -0.0323. The lowest BCUT2D eigenvalue weighted by Crippen LogP contribution is -2.44. The van der Waals surface area contributed by atoms with Crippen LogP contribution < -0.4 is 5.32 Å². The summed E-state index contributed by atoms with van der Waals surface area (Å²) in [5.74, 6) is 0.510. The lowest BCUT2D eigenvalue weighted by molar-refractivity contribution is -0.122. The average Bonchev–Trinajstić information content (AvgIpc) is 2.46. The van der Waals surface area contributed by atoms with Crippen molar-refractivity contribution in [2.24, 2.45) is 5.92 Å². The molecule has 1 saturated heterocycles. The Labute approximate surface area is 132 Å². The van der Waals surface area contributed by atoms with Gasteiger partial charge in [0.2, 0.25) is 5.91 Å². The number of carbonyl (C=O) groups is 1. The van der Waals surface area contributed by atoms with Gasteiger partial charge in [-0.05, 0) is 36.5 Å². The summed E-state index contributed by atoms with van der Waals surface area (Å²) in [5, 5.41) is 3.85. The number of ether oxygens (including phenoxy) is 1. The number of halogens is 1. The van der Waals surface area contributed by atoms with Crippen LogP contribution in [0.25, 0.3) is 0 Å². The topological polar surface area (TPSA) is 38.3 Å². The third-order valence-corrected chi connectivity index (χ3v) is 4.38. The molecule has 0 aliphatic carbocycles. The van der Waals surface area contributed by atoms with Crippen molar-refractivity contribution in [3.8, 4) is 0 Å². The second-order valence-electron chi connectivity index (χ2n) is 6.27. The van der Waals surface area contributed by atoms with Crippen LogP contribution in [0.5, 0.6) is 0 Å². The lowest BCUT2D eigenvalue weighted by atomic mass is 9.74. The van der Waals surface area contributed by atoms with Crippen molar-refractivity contribution in [2.45, 2.75) is 38.5 Å². The molecule has 1 heterocycles. The van der Waals surface area contributed by atoms with Gasteiger partial charge in [0.25, 0.3) is 0 Å². The van der Waals surface area contributed by atoms with E-state index in [0.717, 1.165) is 31.1 Å². The zero-order valence-corrected chi connectivity index (χ0v) is 13.6. The van der Waals surface area contributed by atoms with Crippen LogP contribution >= 0.6 is 11.6 Å². The molecule has 0 saturated carbocycles. The molecule has 4 heteroatoms. The molecule has 2 rings (SSSR count). The molecule has 21 heavy (non-hydrogen) atoms. The van der Waals surface area contributed by atoms with Gasteiger partial charge in [0.05, 0.1) is 0 Å². The van der Waals surface area contributed by atoms with Gasteiger partial charge in [0.15, 0.2) is 0 Å². The third kappa shape index (κ3) is 4.45. The quantitative estimate of drug-likeness (QED) is 0.903. The Morgan fingerprint density at radius 3 is 2.48 bits per heavy atom. The molecule has 1 aliphatic rings. The zero-order chi connectivity index (χ0) is 15.3. The van der Waals surface area contributed by atoms with E-state index in [4.69, 9.17) is 16.3 Å². The molecule has 0 aromatic heterocycles. The Bertz CT molecular complexity index is 464. The van der Waals surface area contributed by atoms with E-state index < -0.39 is 0 Å². The molecule has 3 nitrogen and oxygen atoms in total. The zero-order valence-electron chi connectivity index (χ0n) is 12.8. The van der Waals surface area contributed by atoms with Crippen LogP contribution in [0.15, 0.2) is 24.3 Å². The Morgan fingerprint density at radius 2 is 1.90 bits per heavy atom. The van der Waals surface area contributed by atoms with Crippen LogP contribution in [0.3, 0.4) is 0 Å². The number of carbonyl (C=O) groups excluding carboxylic acids is 1. The summed E-state index contributed by atoms with van der Waals surface area (Å²) in [4.78, 5) is 12.0. The first-order valence-corrected chi connectivity index (χ1v) is 8.00. The van der Waals surface area contributed by atoms with Crippen LogP contribution in [0.1, 0.15) is 38.7 Å². The molecule has 0 spiro atoms. The van der Waals surface area contributed by atoms with Gasteiger partial charge in [0.1, 0.15) is 0 Å². The molecule has 116 valence electrons. The highest BCUT2D eigenvalue weighted by atomic mass is 35.5. The maximum absolute atomic E-state index is 12.0. The standard InChI is InChI=1S/C17H24ClNO2/c1-13(2)11-16(20)19-12-17(7-9-21-10-8-17)14-3-5-15(18)6-4-14/h3-6,13H,7-12H2,1-2H3,(H,19,20). The lowest BCUT2D eigenvalue weighted by Gasteiger charge is -2.38. The molecule has 0 atom stereocenters. The number of amides is 1. The first-order chi connectivity index (χ1) is 10.0. The van der Waals surface area contributed by atoms with Gasteiger partial charge in [-0.15, -0.1) is 0 Å². The third-order valence-electron chi connectivity index (χ3n) is 4.12. The predicted molar refractivity (Wildman–Crippen MR) is 85.6 cm³/mol. The summed E-state index contributed by atoms with van der Waals surface area (Å²) in [5.41, 5.74) is 1.20. The van der Waals surface area contributed by atoms with Crippen molar-refractivity contribution in [1.29, 1.82) is 0 Å². The first kappa shape index (κ1) is 16.3. The Balaban J connectivity index is 2.10. The van der Waals surface area contributed by atoms with Gasteiger partial charge in [-0.25, -0.2) is 0 Å². The summed E-state index contributed by atoms with van der Waals surface area (Å²) in [6, 6.07) is 7.98. The molecule has 1 fully saturated rings. The van der Waals surface area contributed by atoms with Crippen LogP contribution in [0.2, 0.25) is 5.02 Å². The Kier molecular flexibility index (Phi) is 5.65. The summed E-state index contributed by atoms with van der Waals surface area (Å²) >= 11 is 5.99. The highest BCUT2D eigenvalue weighted by Gasteiger charge is 2.34. The van der Waals surface area contributed by atoms with Crippen molar-refractivity contribution in [1.82, 2.24) is 5.32 Å². The maximum atomic E-state index is 12.0. The van der Waals surface area contributed by atoms with Gasteiger partial charge in [-0.1, -0.05) is 37.6 Å². The van der Waals surface area contributed by atoms with Crippen molar-refractivity contribution >= 4 is 17.5 Å². The second-order valence-corrected chi connectivity index (χ2v) is 6.71. The molecular weight excluding hydrogens is 286 g/mol. The summed E-state index contributed by atoms with van der Waals surface area (Å²) in [6.07, 6.45) is 2.43. The first-order valence-electron chi connectivity index (χ1n) is 7.62. The molecule has 1 aromatic rings. The SMILES string of the molecule is CC(C)CC(=O)NCC1(c2ccc(Cl)cc2)CCOCC1. The predicted octanol–water partition coefficient (Wildman–Crippen LogP) is 3.55. The van der Waals surface area contributed by atoms with E-state index in [0.29, 0.717) is 18.9 Å². The van der Waals surface area contributed by atoms with Gasteiger partial charge in [0, 0.05) is 36.6 Å². The van der Waals surface area contributed by atoms with Crippen LogP contribution in [0.4, 0.5) is 0 Å². The number of benzene rings is 1. The number of rotatable bonds is 5. The summed E-state index contributed by atoms with van der Waals surface area (Å²) in [6.45, 7) is 6.26. The minimum absolute atomic E-state index is 0.0323. The number of hydrogen-bond acceptors (Lipinski definition) is 2. The molecule has 1 aromatic carbocycles. The Hall–Kier alpha value is -1.06. The number of nitrogens with one attached hydrogen (secondary N) is 1. The fourth-order valence-corrected chi connectivity index (χ4v) is 2.97. The van der Waals surface area contributed by atoms with Crippen molar-refractivity contribution in [3.63, 3.8) is 0 Å². The highest BCUT2D eigenvalue weighted by molar-refractivity contribution is 6.30. The van der Waals surface area contributed by atoms with Gasteiger partial charge in [-0.2, -0.15) is 0 Å². The minimum Gasteiger partial charge on any atom is -0.381 e. The van der Waals surface area contributed by atoms with E-state index in [1.54, 1.807) is 0 Å². The van der Waals surface area contributed by atoms with E-state index in [-0.39, 0.29) is 11.3 Å². The van der Waals surface area contributed by atoms with Gasteiger partial charge < -0.3 is 10.1 Å². The molecule has 1 N–H and O–H groups in total. The van der Waals surface area contributed by atoms with Crippen molar-refractivity contribution in [3.05, 3.63) is 34.9 Å². The van der Waals surface area contributed by atoms with E-state index >= 15 is 0 Å². The van der Waals surface area contributed by atoms with E-state index in [1.807, 2.05) is 12.1 Å². The molecular formula is C17H24ClNO2. The maximum Gasteiger partial charge on any atom is 0.220 e. The highest BCUT2D eigenvalue weighted by Crippen LogP contribution is 2.34. The van der Waals surface area contributed by atoms with E-state index in [1.165, 1.54) is 5.56 Å². The second kappa shape index (κ2) is 7.28. The van der Waals surface area contributed by atoms with Crippen LogP contribution in [-0.4, -0.2) is 25.7 Å². The molecule has 0 radical (unpaired) electrons. The van der Waals surface area contributed by atoms with Crippen molar-refractivity contribution in [2.75, 3.05) is 19.8 Å². The van der Waals surface area contributed by atoms with Crippen LogP contribution in [0, 0.1) is 5.92 Å². The summed E-state index contributed by atoms with van der Waals surface area (Å²) < 4.78 is 5.50. The molecule has 0 bridgehead atoms. The van der Waals surface area contributed by atoms with Crippen LogP contribution in [-0.2, 0) is 14.9 Å². The number of hydrogen-bond donors (Lipinski definition) is 1.